The zero-order chi connectivity index (χ0) is 18.9. The molecule has 6 heteroatoms. The van der Waals surface area contributed by atoms with Crippen molar-refractivity contribution < 1.29 is 14.3 Å². The summed E-state index contributed by atoms with van der Waals surface area (Å²) in [5, 5.41) is 0. The summed E-state index contributed by atoms with van der Waals surface area (Å²) in [7, 11) is 0. The van der Waals surface area contributed by atoms with Crippen molar-refractivity contribution in [2.75, 3.05) is 25.5 Å². The Balaban J connectivity index is 1.92. The first-order valence-electron chi connectivity index (χ1n) is 10.5. The molecule has 2 atom stereocenters. The predicted octanol–water partition coefficient (Wildman–Crippen LogP) is 4.47. The van der Waals surface area contributed by atoms with Gasteiger partial charge in [-0.2, -0.15) is 0 Å². The molecular weight excluding hydrogens is 348 g/mol. The third-order valence-electron chi connectivity index (χ3n) is 5.82. The summed E-state index contributed by atoms with van der Waals surface area (Å²) in [6.07, 6.45) is 7.07. The number of nitrogens with one attached hydrogen (secondary N) is 1. The first-order chi connectivity index (χ1) is 12.6. The van der Waals surface area contributed by atoms with Crippen molar-refractivity contribution in [3.63, 3.8) is 0 Å². The van der Waals surface area contributed by atoms with Crippen LogP contribution in [-0.4, -0.2) is 54.7 Å². The van der Waals surface area contributed by atoms with Gasteiger partial charge in [-0.05, 0) is 57.3 Å². The van der Waals surface area contributed by atoms with Gasteiger partial charge in [-0.1, -0.05) is 32.7 Å². The largest absolute Gasteiger partial charge is 0.450 e. The summed E-state index contributed by atoms with van der Waals surface area (Å²) in [4.78, 5) is 14.3. The minimum Gasteiger partial charge on any atom is -0.450 e. The van der Waals surface area contributed by atoms with Crippen LogP contribution in [0.2, 0.25) is 0 Å². The Bertz CT molecular complexity index is 414. The number of rotatable bonds is 8. The van der Waals surface area contributed by atoms with Crippen LogP contribution in [0.3, 0.4) is 0 Å². The Morgan fingerprint density at radius 1 is 1.19 bits per heavy atom. The third kappa shape index (κ3) is 6.31. The van der Waals surface area contributed by atoms with Crippen molar-refractivity contribution in [1.29, 1.82) is 0 Å². The Morgan fingerprint density at radius 3 is 2.54 bits per heavy atom. The van der Waals surface area contributed by atoms with Gasteiger partial charge in [0.15, 0.2) is 0 Å². The molecule has 0 aromatic rings. The quantitative estimate of drug-likeness (QED) is 0.624. The van der Waals surface area contributed by atoms with Gasteiger partial charge in [0.1, 0.15) is 0 Å². The molecule has 2 fully saturated rings. The number of hydrogen-bond donors (Lipinski definition) is 1. The van der Waals surface area contributed by atoms with Crippen molar-refractivity contribution in [3.8, 4) is 0 Å². The molecule has 1 amide bonds. The summed E-state index contributed by atoms with van der Waals surface area (Å²) in [5.41, 5.74) is 0. The normalized spacial score (nSPS) is 29.8. The first kappa shape index (κ1) is 21.8. The fraction of sp³-hybridized carbons (Fsp3) is 0.950. The molecule has 2 rings (SSSR count). The van der Waals surface area contributed by atoms with E-state index in [1.807, 2.05) is 11.8 Å². The highest BCUT2D eigenvalue weighted by Crippen LogP contribution is 2.32. The lowest BCUT2D eigenvalue weighted by atomic mass is 9.80. The number of amides is 1. The fourth-order valence-corrected chi connectivity index (χ4v) is 4.84. The zero-order valence-electron chi connectivity index (χ0n) is 17.0. The summed E-state index contributed by atoms with van der Waals surface area (Å²) in [6, 6.07) is 0.329. The van der Waals surface area contributed by atoms with E-state index in [0.29, 0.717) is 19.3 Å². The predicted molar refractivity (Wildman–Crippen MR) is 108 cm³/mol. The van der Waals surface area contributed by atoms with Gasteiger partial charge < -0.3 is 14.4 Å². The van der Waals surface area contributed by atoms with Crippen LogP contribution >= 0.6 is 11.9 Å². The van der Waals surface area contributed by atoms with E-state index in [1.165, 1.54) is 12.8 Å². The second-order valence-corrected chi connectivity index (χ2v) is 8.98. The van der Waals surface area contributed by atoms with Gasteiger partial charge in [-0.3, -0.25) is 4.72 Å². The Labute approximate surface area is 164 Å². The monoisotopic (exact) mass is 386 g/mol. The minimum atomic E-state index is -0.197. The second kappa shape index (κ2) is 11.4. The van der Waals surface area contributed by atoms with Crippen molar-refractivity contribution in [2.45, 2.75) is 84.4 Å². The molecule has 2 unspecified atom stereocenters. The number of hydrogen-bond acceptors (Lipinski definition) is 5. The van der Waals surface area contributed by atoms with E-state index in [1.54, 1.807) is 11.9 Å². The van der Waals surface area contributed by atoms with Crippen molar-refractivity contribution >= 4 is 18.0 Å². The molecule has 0 bridgehead atoms. The van der Waals surface area contributed by atoms with E-state index in [9.17, 15) is 4.79 Å². The molecule has 1 aliphatic heterocycles. The van der Waals surface area contributed by atoms with Gasteiger partial charge in [0.2, 0.25) is 0 Å². The fourth-order valence-electron chi connectivity index (χ4n) is 4.18. The highest BCUT2D eigenvalue weighted by Gasteiger charge is 2.36. The Morgan fingerprint density at radius 2 is 1.92 bits per heavy atom. The number of carbonyl (C=O) groups excluding carboxylic acids is 1. The van der Waals surface area contributed by atoms with E-state index >= 15 is 0 Å². The first-order valence-corrected chi connectivity index (χ1v) is 11.5. The van der Waals surface area contributed by atoms with Crippen molar-refractivity contribution in [1.82, 2.24) is 9.62 Å². The molecule has 1 saturated carbocycles. The molecule has 0 radical (unpaired) electrons. The van der Waals surface area contributed by atoms with Gasteiger partial charge in [-0.25, -0.2) is 4.79 Å². The van der Waals surface area contributed by atoms with Crippen LogP contribution in [0.25, 0.3) is 0 Å². The van der Waals surface area contributed by atoms with Gasteiger partial charge in [0.05, 0.1) is 25.4 Å². The smallest absolute Gasteiger partial charge is 0.410 e. The van der Waals surface area contributed by atoms with Gasteiger partial charge in [-0.15, -0.1) is 0 Å². The number of piperidine rings is 1. The summed E-state index contributed by atoms with van der Waals surface area (Å²) < 4.78 is 15.2. The Hall–Kier alpha value is -0.460. The standard InChI is InChI=1S/C20H38N2O3S/c1-5-24-20(23)22-13-7-8-18(21-26-6-2)19(22)14-25-17-11-9-16(10-12-17)15(3)4/h15-19,21H,5-14H2,1-4H3. The van der Waals surface area contributed by atoms with E-state index in [0.717, 1.165) is 49.8 Å². The average molecular weight is 387 g/mol. The lowest BCUT2D eigenvalue weighted by Gasteiger charge is -2.41. The molecule has 0 aromatic carbocycles. The van der Waals surface area contributed by atoms with Crippen LogP contribution in [0.4, 0.5) is 4.79 Å². The average Bonchev–Trinajstić information content (AvgIpc) is 2.65. The highest BCUT2D eigenvalue weighted by molar-refractivity contribution is 7.97. The van der Waals surface area contributed by atoms with E-state index in [2.05, 4.69) is 25.5 Å². The van der Waals surface area contributed by atoms with Gasteiger partial charge >= 0.3 is 6.09 Å². The van der Waals surface area contributed by atoms with E-state index in [4.69, 9.17) is 9.47 Å². The molecule has 5 nitrogen and oxygen atoms in total. The molecule has 2 aliphatic rings. The Kier molecular flexibility index (Phi) is 9.57. The molecule has 1 aliphatic carbocycles. The number of ether oxygens (including phenoxy) is 2. The van der Waals surface area contributed by atoms with Crippen LogP contribution < -0.4 is 4.72 Å². The number of nitrogens with zero attached hydrogens (tertiary/aromatic N) is 1. The van der Waals surface area contributed by atoms with Crippen LogP contribution in [0.5, 0.6) is 0 Å². The lowest BCUT2D eigenvalue weighted by Crippen LogP contribution is -2.57. The minimum absolute atomic E-state index is 0.0599. The van der Waals surface area contributed by atoms with E-state index < -0.39 is 0 Å². The maximum atomic E-state index is 12.4. The second-order valence-electron chi connectivity index (χ2n) is 7.87. The maximum Gasteiger partial charge on any atom is 0.410 e. The molecular formula is C20H38N2O3S. The summed E-state index contributed by atoms with van der Waals surface area (Å²) >= 11 is 1.73. The molecule has 1 saturated heterocycles. The molecule has 0 aromatic heterocycles. The topological polar surface area (TPSA) is 50.8 Å². The zero-order valence-corrected chi connectivity index (χ0v) is 17.9. The summed E-state index contributed by atoms with van der Waals surface area (Å²) in [6.45, 7) is 10.5. The molecule has 1 heterocycles. The molecule has 152 valence electrons. The number of likely N-dealkylation sites (tertiary alicyclic amines) is 1. The summed E-state index contributed by atoms with van der Waals surface area (Å²) in [5.74, 6) is 2.63. The van der Waals surface area contributed by atoms with Crippen molar-refractivity contribution in [2.24, 2.45) is 11.8 Å². The SMILES string of the molecule is CCOC(=O)N1CCCC(NSCC)C1COC1CCC(C(C)C)CC1. The van der Waals surface area contributed by atoms with Crippen LogP contribution in [0.1, 0.15) is 66.2 Å². The van der Waals surface area contributed by atoms with Crippen LogP contribution in [0.15, 0.2) is 0 Å². The molecule has 26 heavy (non-hydrogen) atoms. The molecule has 1 N–H and O–H groups in total. The highest BCUT2D eigenvalue weighted by atomic mass is 32.2. The van der Waals surface area contributed by atoms with Gasteiger partial charge in [0.25, 0.3) is 0 Å². The molecule has 0 spiro atoms. The van der Waals surface area contributed by atoms with Crippen LogP contribution in [0, 0.1) is 11.8 Å². The van der Waals surface area contributed by atoms with Gasteiger partial charge in [0, 0.05) is 18.3 Å². The van der Waals surface area contributed by atoms with Crippen molar-refractivity contribution in [3.05, 3.63) is 0 Å². The third-order valence-corrected chi connectivity index (χ3v) is 6.58. The van der Waals surface area contributed by atoms with E-state index in [-0.39, 0.29) is 18.2 Å². The van der Waals surface area contributed by atoms with Crippen LogP contribution in [-0.2, 0) is 9.47 Å². The maximum absolute atomic E-state index is 12.4. The lowest BCUT2D eigenvalue weighted by molar-refractivity contribution is -0.0314. The number of carbonyl (C=O) groups is 1.